The molecule has 1 heterocycles. The Kier molecular flexibility index (Phi) is 7.97. The number of carbonyl (C=O) groups excluding carboxylic acids is 3. The molecule has 0 amide bonds. The van der Waals surface area contributed by atoms with Crippen LogP contribution < -0.4 is 0 Å². The minimum absolute atomic E-state index is 0.0457. The molecule has 1 aliphatic heterocycles. The van der Waals surface area contributed by atoms with Crippen LogP contribution in [-0.4, -0.2) is 35.9 Å². The fourth-order valence-corrected chi connectivity index (χ4v) is 4.94. The van der Waals surface area contributed by atoms with Crippen LogP contribution in [0.2, 0.25) is 0 Å². The van der Waals surface area contributed by atoms with Crippen LogP contribution >= 0.6 is 0 Å². The highest BCUT2D eigenvalue weighted by Gasteiger charge is 2.70. The van der Waals surface area contributed by atoms with Crippen LogP contribution in [0.15, 0.2) is 84.9 Å². The van der Waals surface area contributed by atoms with Crippen LogP contribution in [0, 0.1) is 21.4 Å². The molecule has 3 aromatic carbocycles. The van der Waals surface area contributed by atoms with Crippen molar-refractivity contribution < 1.29 is 33.5 Å². The number of Topliss-reactive ketones (excluding diaryl/α,β-unsaturated/α-hetero) is 1. The van der Waals surface area contributed by atoms with Gasteiger partial charge in [-0.3, -0.25) is 24.5 Å². The molecule has 9 heteroatoms. The van der Waals surface area contributed by atoms with Crippen molar-refractivity contribution >= 4 is 23.4 Å². The van der Waals surface area contributed by atoms with E-state index in [9.17, 15) is 24.5 Å². The van der Waals surface area contributed by atoms with Gasteiger partial charge in [-0.25, -0.2) is 0 Å². The van der Waals surface area contributed by atoms with Gasteiger partial charge < -0.3 is 14.2 Å². The average Bonchev–Trinajstić information content (AvgIpc) is 3.31. The van der Waals surface area contributed by atoms with Crippen molar-refractivity contribution in [3.63, 3.8) is 0 Å². The first-order chi connectivity index (χ1) is 18.4. The molecule has 3 aromatic rings. The number of hydrogen-bond acceptors (Lipinski definition) is 8. The summed E-state index contributed by atoms with van der Waals surface area (Å²) in [6.45, 7) is 3.11. The zero-order chi connectivity index (χ0) is 27.3. The van der Waals surface area contributed by atoms with Gasteiger partial charge in [-0.05, 0) is 37.1 Å². The molecule has 3 atom stereocenters. The lowest BCUT2D eigenvalue weighted by Gasteiger charge is -2.33. The van der Waals surface area contributed by atoms with E-state index in [4.69, 9.17) is 14.2 Å². The molecule has 0 saturated carbocycles. The molecule has 0 N–H and O–H groups in total. The van der Waals surface area contributed by atoms with E-state index in [1.807, 2.05) is 0 Å². The summed E-state index contributed by atoms with van der Waals surface area (Å²) in [4.78, 5) is 52.7. The maximum atomic E-state index is 14.2. The van der Waals surface area contributed by atoms with E-state index in [0.717, 1.165) is 0 Å². The Balaban J connectivity index is 2.01. The second-order valence-electron chi connectivity index (χ2n) is 8.71. The number of ether oxygens (including phenoxy) is 3. The van der Waals surface area contributed by atoms with Crippen molar-refractivity contribution in [1.82, 2.24) is 0 Å². The van der Waals surface area contributed by atoms with Gasteiger partial charge in [0, 0.05) is 17.7 Å². The number of benzene rings is 3. The van der Waals surface area contributed by atoms with Crippen LogP contribution in [0.3, 0.4) is 0 Å². The summed E-state index contributed by atoms with van der Waals surface area (Å²) in [6, 6.07) is 22.4. The predicted molar refractivity (Wildman–Crippen MR) is 136 cm³/mol. The quantitative estimate of drug-likeness (QED) is 0.128. The minimum Gasteiger partial charge on any atom is -0.465 e. The topological polar surface area (TPSA) is 122 Å². The van der Waals surface area contributed by atoms with Crippen molar-refractivity contribution in [2.24, 2.45) is 11.3 Å². The Bertz CT molecular complexity index is 1290. The summed E-state index contributed by atoms with van der Waals surface area (Å²) >= 11 is 0. The first-order valence-corrected chi connectivity index (χ1v) is 12.2. The number of hydrogen-bond donors (Lipinski definition) is 0. The number of carbonyl (C=O) groups is 3. The normalized spacial score (nSPS) is 19.9. The predicted octanol–water partition coefficient (Wildman–Crippen LogP) is 5.02. The number of rotatable bonds is 9. The standard InChI is InChI=1S/C29H27NO8/c1-3-36-27(32)29(28(33)37-4-2)23(24(31)19-11-7-5-8-12-19)25(20-15-17-22(18-16-20)30(34)35)38-26(29)21-13-9-6-10-14-21/h5-18,23,25-26H,3-4H2,1-2H3/t23-,25-,26+/m1/s1. The van der Waals surface area contributed by atoms with Gasteiger partial charge in [-0.2, -0.15) is 0 Å². The van der Waals surface area contributed by atoms with Gasteiger partial charge >= 0.3 is 11.9 Å². The minimum atomic E-state index is -2.19. The van der Waals surface area contributed by atoms with E-state index in [1.54, 1.807) is 74.5 Å². The number of nitro benzene ring substituents is 1. The molecule has 0 bridgehead atoms. The fourth-order valence-electron chi connectivity index (χ4n) is 4.94. The van der Waals surface area contributed by atoms with E-state index in [-0.39, 0.29) is 24.5 Å². The Morgan fingerprint density at radius 1 is 0.816 bits per heavy atom. The lowest BCUT2D eigenvalue weighted by molar-refractivity contribution is -0.384. The monoisotopic (exact) mass is 517 g/mol. The summed E-state index contributed by atoms with van der Waals surface area (Å²) in [5.41, 5.74) is -1.21. The first kappa shape index (κ1) is 26.7. The zero-order valence-electron chi connectivity index (χ0n) is 20.9. The highest BCUT2D eigenvalue weighted by molar-refractivity contribution is 6.10. The second-order valence-corrected chi connectivity index (χ2v) is 8.71. The third kappa shape index (κ3) is 4.68. The van der Waals surface area contributed by atoms with Gasteiger partial charge in [-0.15, -0.1) is 0 Å². The van der Waals surface area contributed by atoms with Gasteiger partial charge in [0.2, 0.25) is 5.41 Å². The molecule has 4 rings (SSSR count). The molecule has 9 nitrogen and oxygen atoms in total. The number of non-ortho nitro benzene ring substituents is 1. The summed E-state index contributed by atoms with van der Waals surface area (Å²) in [7, 11) is 0. The zero-order valence-corrected chi connectivity index (χ0v) is 20.9. The number of nitro groups is 1. The molecule has 0 unspecified atom stereocenters. The molecule has 1 fully saturated rings. The largest absolute Gasteiger partial charge is 0.465 e. The summed E-state index contributed by atoms with van der Waals surface area (Å²) < 4.78 is 17.3. The maximum absolute atomic E-state index is 14.2. The van der Waals surface area contributed by atoms with Gasteiger partial charge in [0.1, 0.15) is 6.10 Å². The molecule has 196 valence electrons. The summed E-state index contributed by atoms with van der Waals surface area (Å²) in [5.74, 6) is -3.79. The lowest BCUT2D eigenvalue weighted by Crippen LogP contribution is -2.51. The summed E-state index contributed by atoms with van der Waals surface area (Å²) in [6.07, 6.45) is -2.36. The molecule has 38 heavy (non-hydrogen) atoms. The number of nitrogens with zero attached hydrogens (tertiary/aromatic N) is 1. The fraction of sp³-hybridized carbons (Fsp3) is 0.276. The van der Waals surface area contributed by atoms with Crippen LogP contribution in [-0.2, 0) is 23.8 Å². The number of ketones is 1. The highest BCUT2D eigenvalue weighted by Crippen LogP contribution is 2.59. The molecule has 0 radical (unpaired) electrons. The third-order valence-electron chi connectivity index (χ3n) is 6.59. The molecule has 0 aliphatic carbocycles. The highest BCUT2D eigenvalue weighted by atomic mass is 16.6. The third-order valence-corrected chi connectivity index (χ3v) is 6.59. The van der Waals surface area contributed by atoms with E-state index >= 15 is 0 Å². The molecule has 1 saturated heterocycles. The van der Waals surface area contributed by atoms with Crippen LogP contribution in [0.1, 0.15) is 47.5 Å². The van der Waals surface area contributed by atoms with Gasteiger partial charge in [0.15, 0.2) is 5.78 Å². The Morgan fingerprint density at radius 3 is 1.84 bits per heavy atom. The average molecular weight is 518 g/mol. The van der Waals surface area contributed by atoms with Crippen molar-refractivity contribution in [1.29, 1.82) is 0 Å². The molecule has 0 aromatic heterocycles. The van der Waals surface area contributed by atoms with Crippen LogP contribution in [0.5, 0.6) is 0 Å². The molecular formula is C29H27NO8. The Hall–Kier alpha value is -4.37. The second kappa shape index (κ2) is 11.4. The first-order valence-electron chi connectivity index (χ1n) is 12.2. The lowest BCUT2D eigenvalue weighted by atomic mass is 9.66. The van der Waals surface area contributed by atoms with E-state index in [2.05, 4.69) is 0 Å². The van der Waals surface area contributed by atoms with Gasteiger partial charge in [0.05, 0.1) is 30.2 Å². The van der Waals surface area contributed by atoms with E-state index in [1.165, 1.54) is 24.3 Å². The van der Waals surface area contributed by atoms with Crippen molar-refractivity contribution in [2.75, 3.05) is 13.2 Å². The van der Waals surface area contributed by atoms with Crippen LogP contribution in [0.25, 0.3) is 0 Å². The van der Waals surface area contributed by atoms with E-state index in [0.29, 0.717) is 11.1 Å². The van der Waals surface area contributed by atoms with E-state index < -0.39 is 46.2 Å². The van der Waals surface area contributed by atoms with Crippen molar-refractivity contribution in [3.05, 3.63) is 112 Å². The van der Waals surface area contributed by atoms with Crippen molar-refractivity contribution in [3.8, 4) is 0 Å². The molecular weight excluding hydrogens is 490 g/mol. The maximum Gasteiger partial charge on any atom is 0.327 e. The Morgan fingerprint density at radius 2 is 1.34 bits per heavy atom. The van der Waals surface area contributed by atoms with Crippen molar-refractivity contribution in [2.45, 2.75) is 26.1 Å². The smallest absolute Gasteiger partial charge is 0.327 e. The molecule has 1 aliphatic rings. The SMILES string of the molecule is CCOC(=O)C1(C(=O)OCC)[C@H](C(=O)c2ccccc2)[C@@H](c2ccc([N+](=O)[O-])cc2)O[C@H]1c1ccccc1. The van der Waals surface area contributed by atoms with Gasteiger partial charge in [-0.1, -0.05) is 60.7 Å². The van der Waals surface area contributed by atoms with Crippen LogP contribution in [0.4, 0.5) is 5.69 Å². The Labute approximate surface area is 219 Å². The molecule has 0 spiro atoms. The summed E-state index contributed by atoms with van der Waals surface area (Å²) in [5, 5.41) is 11.3. The number of esters is 2. The van der Waals surface area contributed by atoms with Gasteiger partial charge in [0.25, 0.3) is 5.69 Å².